The van der Waals surface area contributed by atoms with Gasteiger partial charge in [-0.2, -0.15) is 0 Å². The van der Waals surface area contributed by atoms with Crippen molar-refractivity contribution < 1.29 is 0 Å². The Hall–Kier alpha value is -1.24. The number of hydrogen-bond donors (Lipinski definition) is 0. The Kier molecular flexibility index (Phi) is 2.32. The third-order valence-corrected chi connectivity index (χ3v) is 1.47. The summed E-state index contributed by atoms with van der Waals surface area (Å²) in [4.78, 5) is 0. The Balaban J connectivity index is 3.21. The summed E-state index contributed by atoms with van der Waals surface area (Å²) in [5.74, 6) is 0. The summed E-state index contributed by atoms with van der Waals surface area (Å²) in [5, 5.41) is 0. The maximum Gasteiger partial charge on any atom is 0.113 e. The Morgan fingerprint density at radius 3 is 1.82 bits per heavy atom. The van der Waals surface area contributed by atoms with E-state index in [0.29, 0.717) is 0 Å². The zero-order chi connectivity index (χ0) is 8.27. The molecule has 0 fully saturated rings. The lowest BCUT2D eigenvalue weighted by Gasteiger charge is -1.99. The summed E-state index contributed by atoms with van der Waals surface area (Å²) in [7, 11) is 5.62. The average molecular weight is 140 g/mol. The molecule has 11 heavy (non-hydrogen) atoms. The molecule has 0 aliphatic rings. The third kappa shape index (κ3) is 1.84. The van der Waals surface area contributed by atoms with Crippen molar-refractivity contribution in [3.05, 3.63) is 42.5 Å². The van der Waals surface area contributed by atoms with E-state index in [4.69, 9.17) is 7.85 Å². The molecule has 0 nitrogen and oxygen atoms in total. The summed E-state index contributed by atoms with van der Waals surface area (Å²) in [5.41, 5.74) is 2.80. The van der Waals surface area contributed by atoms with E-state index in [-0.39, 0.29) is 0 Å². The van der Waals surface area contributed by atoms with Gasteiger partial charge in [0.1, 0.15) is 7.85 Å². The molecule has 0 amide bonds. The Morgan fingerprint density at radius 1 is 1.00 bits per heavy atom. The fraction of sp³-hybridized carbons (Fsp3) is 0. The minimum Gasteiger partial charge on any atom is -0.0985 e. The fourth-order valence-corrected chi connectivity index (χ4v) is 0.938. The van der Waals surface area contributed by atoms with E-state index in [1.165, 1.54) is 0 Å². The van der Waals surface area contributed by atoms with Crippen LogP contribution in [0.25, 0.3) is 12.2 Å². The zero-order valence-corrected chi connectivity index (χ0v) is 6.38. The van der Waals surface area contributed by atoms with Crippen LogP contribution >= 0.6 is 0 Å². The SMILES string of the molecule is [B]c1cc(C=C)cc(C=C)c1. The molecule has 0 spiro atoms. The van der Waals surface area contributed by atoms with Crippen molar-refractivity contribution in [2.75, 3.05) is 0 Å². The van der Waals surface area contributed by atoms with Gasteiger partial charge >= 0.3 is 0 Å². The number of hydrogen-bond acceptors (Lipinski definition) is 0. The Labute approximate surface area is 68.7 Å². The summed E-state index contributed by atoms with van der Waals surface area (Å²) < 4.78 is 0. The van der Waals surface area contributed by atoms with Gasteiger partial charge in [0.25, 0.3) is 0 Å². The van der Waals surface area contributed by atoms with Gasteiger partial charge in [-0.05, 0) is 17.2 Å². The molecule has 0 saturated carbocycles. The van der Waals surface area contributed by atoms with Crippen molar-refractivity contribution >= 4 is 25.5 Å². The molecule has 1 rings (SSSR count). The molecule has 0 bridgehead atoms. The predicted octanol–water partition coefficient (Wildman–Crippen LogP) is 1.77. The fourth-order valence-electron chi connectivity index (χ4n) is 0.938. The standard InChI is InChI=1S/C10H9B/c1-3-8-5-9(4-2)7-10(11)6-8/h3-7H,1-2H2. The molecular formula is C10H9B. The molecule has 0 aliphatic heterocycles. The predicted molar refractivity (Wildman–Crippen MR) is 52.0 cm³/mol. The largest absolute Gasteiger partial charge is 0.113 e. The van der Waals surface area contributed by atoms with Crippen molar-refractivity contribution in [3.8, 4) is 0 Å². The van der Waals surface area contributed by atoms with Crippen molar-refractivity contribution in [2.45, 2.75) is 0 Å². The van der Waals surface area contributed by atoms with Crippen LogP contribution in [0.2, 0.25) is 0 Å². The van der Waals surface area contributed by atoms with Crippen LogP contribution in [-0.2, 0) is 0 Å². The molecule has 0 atom stereocenters. The second-order valence-electron chi connectivity index (χ2n) is 2.34. The van der Waals surface area contributed by atoms with Crippen LogP contribution in [0.3, 0.4) is 0 Å². The van der Waals surface area contributed by atoms with Gasteiger partial charge in [0.2, 0.25) is 0 Å². The van der Waals surface area contributed by atoms with E-state index < -0.39 is 0 Å². The molecule has 1 heteroatoms. The summed E-state index contributed by atoms with van der Waals surface area (Å²) in [6, 6.07) is 5.73. The molecule has 1 aromatic rings. The van der Waals surface area contributed by atoms with Gasteiger partial charge in [0, 0.05) is 0 Å². The molecule has 0 unspecified atom stereocenters. The van der Waals surface area contributed by atoms with E-state index in [0.717, 1.165) is 16.6 Å². The lowest BCUT2D eigenvalue weighted by molar-refractivity contribution is 1.67. The first-order chi connectivity index (χ1) is 5.26. The second kappa shape index (κ2) is 3.24. The average Bonchev–Trinajstić information content (AvgIpc) is 2.03. The first-order valence-electron chi connectivity index (χ1n) is 3.41. The van der Waals surface area contributed by atoms with Gasteiger partial charge in [-0.25, -0.2) is 0 Å². The van der Waals surface area contributed by atoms with Gasteiger partial charge in [0.15, 0.2) is 0 Å². The van der Waals surface area contributed by atoms with E-state index in [2.05, 4.69) is 13.2 Å². The first-order valence-corrected chi connectivity index (χ1v) is 3.41. The van der Waals surface area contributed by atoms with Crippen molar-refractivity contribution in [3.63, 3.8) is 0 Å². The van der Waals surface area contributed by atoms with Gasteiger partial charge in [-0.15, -0.1) is 0 Å². The molecule has 52 valence electrons. The molecule has 0 aliphatic carbocycles. The Bertz CT molecular complexity index is 261. The maximum absolute atomic E-state index is 5.62. The maximum atomic E-state index is 5.62. The lowest BCUT2D eigenvalue weighted by Crippen LogP contribution is -2.02. The van der Waals surface area contributed by atoms with Crippen molar-refractivity contribution in [1.82, 2.24) is 0 Å². The molecule has 0 N–H and O–H groups in total. The molecule has 2 radical (unpaired) electrons. The van der Waals surface area contributed by atoms with Crippen LogP contribution in [0, 0.1) is 0 Å². The van der Waals surface area contributed by atoms with E-state index in [1.54, 1.807) is 12.2 Å². The summed E-state index contributed by atoms with van der Waals surface area (Å²) in [6.07, 6.45) is 3.53. The summed E-state index contributed by atoms with van der Waals surface area (Å²) >= 11 is 0. The van der Waals surface area contributed by atoms with Crippen LogP contribution in [0.1, 0.15) is 11.1 Å². The topological polar surface area (TPSA) is 0 Å². The number of rotatable bonds is 2. The summed E-state index contributed by atoms with van der Waals surface area (Å²) in [6.45, 7) is 7.32. The Morgan fingerprint density at radius 2 is 1.45 bits per heavy atom. The normalized spacial score (nSPS) is 9.09. The molecule has 0 aromatic heterocycles. The van der Waals surface area contributed by atoms with Crippen LogP contribution in [0.5, 0.6) is 0 Å². The highest BCUT2D eigenvalue weighted by Gasteiger charge is 1.90. The monoisotopic (exact) mass is 140 g/mol. The van der Waals surface area contributed by atoms with Crippen LogP contribution in [0.4, 0.5) is 0 Å². The molecule has 1 aromatic carbocycles. The zero-order valence-electron chi connectivity index (χ0n) is 6.38. The van der Waals surface area contributed by atoms with Gasteiger partial charge in [-0.3, -0.25) is 0 Å². The van der Waals surface area contributed by atoms with Crippen molar-refractivity contribution in [1.29, 1.82) is 0 Å². The number of benzene rings is 1. The smallest absolute Gasteiger partial charge is 0.0985 e. The van der Waals surface area contributed by atoms with Crippen LogP contribution in [-0.4, -0.2) is 7.85 Å². The first kappa shape index (κ1) is 7.87. The quantitative estimate of drug-likeness (QED) is 0.549. The van der Waals surface area contributed by atoms with Gasteiger partial charge < -0.3 is 0 Å². The third-order valence-electron chi connectivity index (χ3n) is 1.47. The highest BCUT2D eigenvalue weighted by atomic mass is 13.9. The lowest BCUT2D eigenvalue weighted by atomic mass is 9.92. The molecule has 0 saturated heterocycles. The second-order valence-corrected chi connectivity index (χ2v) is 2.34. The highest BCUT2D eigenvalue weighted by Crippen LogP contribution is 2.04. The van der Waals surface area contributed by atoms with E-state index in [1.807, 2.05) is 18.2 Å². The van der Waals surface area contributed by atoms with E-state index >= 15 is 0 Å². The molecule has 0 heterocycles. The van der Waals surface area contributed by atoms with Gasteiger partial charge in [-0.1, -0.05) is 42.9 Å². The van der Waals surface area contributed by atoms with Crippen molar-refractivity contribution in [2.24, 2.45) is 0 Å². The minimum absolute atomic E-state index is 0.748. The van der Waals surface area contributed by atoms with Crippen LogP contribution in [0.15, 0.2) is 31.4 Å². The van der Waals surface area contributed by atoms with E-state index in [9.17, 15) is 0 Å². The highest BCUT2D eigenvalue weighted by molar-refractivity contribution is 6.32. The van der Waals surface area contributed by atoms with Crippen LogP contribution < -0.4 is 5.46 Å². The molecular weight excluding hydrogens is 131 g/mol. The minimum atomic E-state index is 0.748. The van der Waals surface area contributed by atoms with Gasteiger partial charge in [0.05, 0.1) is 0 Å².